The number of halogens is 1. The second-order valence-corrected chi connectivity index (χ2v) is 6.67. The summed E-state index contributed by atoms with van der Waals surface area (Å²) in [7, 11) is -1.93. The van der Waals surface area contributed by atoms with Crippen molar-refractivity contribution in [2.24, 2.45) is 0 Å². The normalized spacial score (nSPS) is 12.8. The van der Waals surface area contributed by atoms with Gasteiger partial charge in [0.25, 0.3) is 0 Å². The Hall–Kier alpha value is -0.940. The first-order valence-corrected chi connectivity index (χ1v) is 6.40. The van der Waals surface area contributed by atoms with Gasteiger partial charge in [0.1, 0.15) is 10.7 Å². The fourth-order valence-corrected chi connectivity index (χ4v) is 2.65. The van der Waals surface area contributed by atoms with E-state index in [0.29, 0.717) is 5.56 Å². The third kappa shape index (κ3) is 2.10. The third-order valence-corrected chi connectivity index (χ3v) is 5.14. The highest BCUT2D eigenvalue weighted by atomic mass is 32.2. The van der Waals surface area contributed by atoms with Crippen LogP contribution in [0.4, 0.5) is 4.39 Å². The maximum atomic E-state index is 13.1. The van der Waals surface area contributed by atoms with Crippen molar-refractivity contribution in [1.82, 2.24) is 5.32 Å². The summed E-state index contributed by atoms with van der Waals surface area (Å²) in [6, 6.07) is 3.81. The lowest BCUT2D eigenvalue weighted by Gasteiger charge is -2.24. The summed E-state index contributed by atoms with van der Waals surface area (Å²) in [5.41, 5.74) is 0.327. The average Bonchev–Trinajstić information content (AvgIpc) is 2.21. The topological polar surface area (TPSA) is 46.2 Å². The number of benzene rings is 1. The first-order chi connectivity index (χ1) is 7.22. The van der Waals surface area contributed by atoms with E-state index in [1.165, 1.54) is 18.2 Å². The summed E-state index contributed by atoms with van der Waals surface area (Å²) in [6.45, 7) is 4.68. The van der Waals surface area contributed by atoms with Crippen molar-refractivity contribution in [2.45, 2.75) is 30.5 Å². The molecule has 0 radical (unpaired) electrons. The minimum Gasteiger partial charge on any atom is -0.302 e. The zero-order valence-electron chi connectivity index (χ0n) is 9.83. The van der Waals surface area contributed by atoms with Gasteiger partial charge in [0.05, 0.1) is 4.90 Å². The molecule has 5 heteroatoms. The molecule has 0 amide bonds. The van der Waals surface area contributed by atoms with E-state index in [4.69, 9.17) is 0 Å². The molecule has 0 spiro atoms. The monoisotopic (exact) mass is 245 g/mol. The number of nitrogens with one attached hydrogen (secondary N) is 1. The first-order valence-electron chi connectivity index (χ1n) is 4.92. The Morgan fingerprint density at radius 2 is 1.88 bits per heavy atom. The van der Waals surface area contributed by atoms with E-state index >= 15 is 0 Å². The lowest BCUT2D eigenvalue weighted by atomic mass is 10.2. The van der Waals surface area contributed by atoms with Crippen molar-refractivity contribution in [3.8, 4) is 0 Å². The van der Waals surface area contributed by atoms with Gasteiger partial charge in [-0.05, 0) is 51.6 Å². The molecule has 1 N–H and O–H groups in total. The largest absolute Gasteiger partial charge is 0.302 e. The number of hydrogen-bond donors (Lipinski definition) is 1. The van der Waals surface area contributed by atoms with Crippen LogP contribution in [0.25, 0.3) is 0 Å². The molecule has 0 fully saturated rings. The molecule has 90 valence electrons. The molecule has 0 heterocycles. The molecule has 0 aliphatic heterocycles. The SMILES string of the molecule is CNC(C)(C)S(=O)(=O)c1ccc(F)c(C)c1. The molecule has 0 atom stereocenters. The van der Waals surface area contributed by atoms with Gasteiger partial charge < -0.3 is 5.32 Å². The minimum absolute atomic E-state index is 0.130. The van der Waals surface area contributed by atoms with Crippen LogP contribution in [0.2, 0.25) is 0 Å². The van der Waals surface area contributed by atoms with E-state index in [1.54, 1.807) is 27.8 Å². The molecule has 3 nitrogen and oxygen atoms in total. The summed E-state index contributed by atoms with van der Waals surface area (Å²) in [6.07, 6.45) is 0. The van der Waals surface area contributed by atoms with Crippen molar-refractivity contribution in [2.75, 3.05) is 7.05 Å². The van der Waals surface area contributed by atoms with Crippen LogP contribution in [0.15, 0.2) is 23.1 Å². The van der Waals surface area contributed by atoms with E-state index in [1.807, 2.05) is 0 Å². The standard InChI is InChI=1S/C11H16FNO2S/c1-8-7-9(5-6-10(8)12)16(14,15)11(2,3)13-4/h5-7,13H,1-4H3. The lowest BCUT2D eigenvalue weighted by Crippen LogP contribution is -2.44. The first kappa shape index (κ1) is 13.1. The predicted octanol–water partition coefficient (Wildman–Crippen LogP) is 1.86. The minimum atomic E-state index is -3.51. The van der Waals surface area contributed by atoms with Crippen LogP contribution in [-0.2, 0) is 9.84 Å². The Labute approximate surface area is 95.6 Å². The molecule has 0 aliphatic rings. The van der Waals surface area contributed by atoms with Crippen LogP contribution in [0.1, 0.15) is 19.4 Å². The molecule has 0 aromatic heterocycles. The molecule has 1 aromatic rings. The van der Waals surface area contributed by atoms with Crippen LogP contribution in [0.3, 0.4) is 0 Å². The van der Waals surface area contributed by atoms with Crippen molar-refractivity contribution in [3.63, 3.8) is 0 Å². The Morgan fingerprint density at radius 1 is 1.31 bits per heavy atom. The van der Waals surface area contributed by atoms with Gasteiger partial charge in [0, 0.05) is 0 Å². The van der Waals surface area contributed by atoms with Crippen molar-refractivity contribution in [3.05, 3.63) is 29.6 Å². The van der Waals surface area contributed by atoms with E-state index in [0.717, 1.165) is 0 Å². The maximum Gasteiger partial charge on any atom is 0.196 e. The summed E-state index contributed by atoms with van der Waals surface area (Å²) < 4.78 is 37.4. The van der Waals surface area contributed by atoms with Gasteiger partial charge in [-0.15, -0.1) is 0 Å². The van der Waals surface area contributed by atoms with Crippen molar-refractivity contribution >= 4 is 9.84 Å². The quantitative estimate of drug-likeness (QED) is 0.827. The Balaban J connectivity index is 3.34. The van der Waals surface area contributed by atoms with Gasteiger partial charge in [-0.2, -0.15) is 0 Å². The summed E-state index contributed by atoms with van der Waals surface area (Å²) in [5.74, 6) is -0.402. The lowest BCUT2D eigenvalue weighted by molar-refractivity contribution is 0.510. The van der Waals surface area contributed by atoms with Crippen LogP contribution in [-0.4, -0.2) is 20.3 Å². The molecule has 0 aliphatic carbocycles. The molecule has 1 rings (SSSR count). The van der Waals surface area contributed by atoms with Gasteiger partial charge in [0.2, 0.25) is 0 Å². The van der Waals surface area contributed by atoms with E-state index in [-0.39, 0.29) is 4.90 Å². The highest BCUT2D eigenvalue weighted by molar-refractivity contribution is 7.92. The molecule has 0 bridgehead atoms. The Morgan fingerprint density at radius 3 is 2.31 bits per heavy atom. The fourth-order valence-electron chi connectivity index (χ4n) is 1.21. The van der Waals surface area contributed by atoms with Crippen LogP contribution >= 0.6 is 0 Å². The number of sulfone groups is 1. The highest BCUT2D eigenvalue weighted by Gasteiger charge is 2.34. The molecule has 1 aromatic carbocycles. The van der Waals surface area contributed by atoms with Crippen LogP contribution in [0.5, 0.6) is 0 Å². The Bertz CT molecular complexity index is 495. The second-order valence-electron chi connectivity index (χ2n) is 4.17. The van der Waals surface area contributed by atoms with Crippen molar-refractivity contribution < 1.29 is 12.8 Å². The molecular weight excluding hydrogens is 229 g/mol. The highest BCUT2D eigenvalue weighted by Crippen LogP contribution is 2.24. The van der Waals surface area contributed by atoms with Gasteiger partial charge in [-0.25, -0.2) is 12.8 Å². The molecule has 0 saturated carbocycles. The zero-order valence-corrected chi connectivity index (χ0v) is 10.7. The molecular formula is C11H16FNO2S. The molecule has 0 saturated heterocycles. The Kier molecular flexibility index (Phi) is 3.40. The number of rotatable bonds is 3. The number of aryl methyl sites for hydroxylation is 1. The van der Waals surface area contributed by atoms with Crippen LogP contribution in [0, 0.1) is 12.7 Å². The third-order valence-electron chi connectivity index (χ3n) is 2.71. The average molecular weight is 245 g/mol. The molecule has 0 unspecified atom stereocenters. The van der Waals surface area contributed by atoms with Gasteiger partial charge in [-0.3, -0.25) is 0 Å². The van der Waals surface area contributed by atoms with E-state index in [9.17, 15) is 12.8 Å². The summed E-state index contributed by atoms with van der Waals surface area (Å²) >= 11 is 0. The smallest absolute Gasteiger partial charge is 0.196 e. The zero-order chi connectivity index (χ0) is 12.6. The molecule has 16 heavy (non-hydrogen) atoms. The second kappa shape index (κ2) is 4.14. The van der Waals surface area contributed by atoms with Crippen LogP contribution < -0.4 is 5.32 Å². The number of hydrogen-bond acceptors (Lipinski definition) is 3. The summed E-state index contributed by atoms with van der Waals surface area (Å²) in [5, 5.41) is 2.73. The van der Waals surface area contributed by atoms with E-state index in [2.05, 4.69) is 5.32 Å². The fraction of sp³-hybridized carbons (Fsp3) is 0.455. The maximum absolute atomic E-state index is 13.1. The summed E-state index contributed by atoms with van der Waals surface area (Å²) in [4.78, 5) is -0.942. The van der Waals surface area contributed by atoms with Crippen molar-refractivity contribution in [1.29, 1.82) is 0 Å². The predicted molar refractivity (Wildman–Crippen MR) is 61.5 cm³/mol. The van der Waals surface area contributed by atoms with Gasteiger partial charge in [-0.1, -0.05) is 0 Å². The van der Waals surface area contributed by atoms with Gasteiger partial charge in [0.15, 0.2) is 9.84 Å². The van der Waals surface area contributed by atoms with Gasteiger partial charge >= 0.3 is 0 Å². The van der Waals surface area contributed by atoms with E-state index < -0.39 is 20.5 Å².